The molecule has 0 fully saturated rings. The van der Waals surface area contributed by atoms with E-state index in [1.807, 2.05) is 24.3 Å². The summed E-state index contributed by atoms with van der Waals surface area (Å²) >= 11 is 0. The minimum absolute atomic E-state index is 0.529. The monoisotopic (exact) mass is 266 g/mol. The van der Waals surface area contributed by atoms with Gasteiger partial charge in [-0.3, -0.25) is 0 Å². The number of benzene rings is 1. The van der Waals surface area contributed by atoms with Crippen molar-refractivity contribution in [1.82, 2.24) is 0 Å². The molecule has 1 rings (SSSR count). The standard InChI is InChI=1S/C15H22O4/c1-5-14(10(2)3)12-6-8-13(9-7-12)18-11(4)19-15(16)17/h6-11,14H,5H2,1-4H3,(H,16,17). The summed E-state index contributed by atoms with van der Waals surface area (Å²) in [7, 11) is 0. The van der Waals surface area contributed by atoms with Gasteiger partial charge < -0.3 is 14.6 Å². The van der Waals surface area contributed by atoms with E-state index in [0.29, 0.717) is 17.6 Å². The lowest BCUT2D eigenvalue weighted by Crippen LogP contribution is -2.19. The van der Waals surface area contributed by atoms with E-state index in [1.165, 1.54) is 5.56 Å². The Kier molecular flexibility index (Phi) is 5.67. The fourth-order valence-corrected chi connectivity index (χ4v) is 2.24. The highest BCUT2D eigenvalue weighted by molar-refractivity contribution is 5.56. The van der Waals surface area contributed by atoms with Crippen LogP contribution < -0.4 is 4.74 Å². The number of hydrogen-bond donors (Lipinski definition) is 1. The Labute approximate surface area is 114 Å². The Morgan fingerprint density at radius 3 is 2.21 bits per heavy atom. The van der Waals surface area contributed by atoms with Crippen molar-refractivity contribution in [2.45, 2.75) is 46.3 Å². The van der Waals surface area contributed by atoms with Crippen LogP contribution in [0.15, 0.2) is 24.3 Å². The van der Waals surface area contributed by atoms with Crippen LogP contribution in [0.4, 0.5) is 4.79 Å². The Hall–Kier alpha value is -1.71. The molecule has 0 bridgehead atoms. The average Bonchev–Trinajstić information content (AvgIpc) is 2.30. The first-order valence-corrected chi connectivity index (χ1v) is 6.60. The number of carbonyl (C=O) groups is 1. The van der Waals surface area contributed by atoms with Crippen LogP contribution in [0.1, 0.15) is 45.6 Å². The largest absolute Gasteiger partial charge is 0.508 e. The van der Waals surface area contributed by atoms with Gasteiger partial charge in [0, 0.05) is 6.92 Å². The van der Waals surface area contributed by atoms with Crippen LogP contribution in [-0.4, -0.2) is 17.6 Å². The van der Waals surface area contributed by atoms with E-state index in [1.54, 1.807) is 6.92 Å². The molecule has 1 aromatic rings. The lowest BCUT2D eigenvalue weighted by molar-refractivity contribution is -0.0405. The summed E-state index contributed by atoms with van der Waals surface area (Å²) in [5.41, 5.74) is 1.27. The molecule has 4 heteroatoms. The molecular weight excluding hydrogens is 244 g/mol. The third-order valence-corrected chi connectivity index (χ3v) is 3.12. The summed E-state index contributed by atoms with van der Waals surface area (Å²) in [6.07, 6.45) is -1.05. The molecule has 0 saturated heterocycles. The van der Waals surface area contributed by atoms with Crippen molar-refractivity contribution >= 4 is 6.16 Å². The Balaban J connectivity index is 2.68. The van der Waals surface area contributed by atoms with Gasteiger partial charge in [0.05, 0.1) is 0 Å². The van der Waals surface area contributed by atoms with E-state index in [4.69, 9.17) is 9.84 Å². The number of ether oxygens (including phenoxy) is 2. The molecule has 1 N–H and O–H groups in total. The van der Waals surface area contributed by atoms with Gasteiger partial charge in [0.25, 0.3) is 0 Å². The smallest absolute Gasteiger partial charge is 0.455 e. The fraction of sp³-hybridized carbons (Fsp3) is 0.533. The number of carboxylic acid groups (broad SMARTS) is 1. The van der Waals surface area contributed by atoms with Gasteiger partial charge in [-0.1, -0.05) is 32.9 Å². The first-order chi connectivity index (χ1) is 8.93. The lowest BCUT2D eigenvalue weighted by Gasteiger charge is -2.20. The quantitative estimate of drug-likeness (QED) is 0.617. The highest BCUT2D eigenvalue weighted by Gasteiger charge is 2.14. The first kappa shape index (κ1) is 15.3. The second kappa shape index (κ2) is 7.02. The molecule has 0 amide bonds. The lowest BCUT2D eigenvalue weighted by atomic mass is 9.86. The number of rotatable bonds is 6. The average molecular weight is 266 g/mol. The molecule has 0 aliphatic heterocycles. The van der Waals surface area contributed by atoms with Gasteiger partial charge in [0.1, 0.15) is 5.75 Å². The van der Waals surface area contributed by atoms with E-state index in [2.05, 4.69) is 25.5 Å². The minimum atomic E-state index is -1.34. The van der Waals surface area contributed by atoms with Gasteiger partial charge in [-0.15, -0.1) is 0 Å². The van der Waals surface area contributed by atoms with Crippen LogP contribution in [0.25, 0.3) is 0 Å². The molecule has 1 aromatic carbocycles. The summed E-state index contributed by atoms with van der Waals surface area (Å²) < 4.78 is 9.84. The molecule has 2 unspecified atom stereocenters. The summed E-state index contributed by atoms with van der Waals surface area (Å²) in [5, 5.41) is 8.47. The summed E-state index contributed by atoms with van der Waals surface area (Å²) in [6, 6.07) is 7.75. The van der Waals surface area contributed by atoms with Crippen molar-refractivity contribution in [3.8, 4) is 5.75 Å². The van der Waals surface area contributed by atoms with Crippen LogP contribution in [0.5, 0.6) is 5.75 Å². The maximum atomic E-state index is 10.4. The molecule has 2 atom stereocenters. The van der Waals surface area contributed by atoms with Crippen LogP contribution in [0, 0.1) is 5.92 Å². The van der Waals surface area contributed by atoms with Gasteiger partial charge in [-0.2, -0.15) is 0 Å². The molecule has 0 aliphatic carbocycles. The van der Waals surface area contributed by atoms with Crippen molar-refractivity contribution in [2.24, 2.45) is 5.92 Å². The van der Waals surface area contributed by atoms with Crippen LogP contribution in [0.2, 0.25) is 0 Å². The Morgan fingerprint density at radius 2 is 1.79 bits per heavy atom. The predicted molar refractivity (Wildman–Crippen MR) is 73.5 cm³/mol. The van der Waals surface area contributed by atoms with Gasteiger partial charge in [0.2, 0.25) is 6.29 Å². The van der Waals surface area contributed by atoms with Gasteiger partial charge in [-0.05, 0) is 36.0 Å². The third-order valence-electron chi connectivity index (χ3n) is 3.12. The van der Waals surface area contributed by atoms with Crippen molar-refractivity contribution in [2.75, 3.05) is 0 Å². The molecule has 0 spiro atoms. The Morgan fingerprint density at radius 1 is 1.21 bits per heavy atom. The third kappa shape index (κ3) is 4.81. The molecule has 0 aromatic heterocycles. The number of hydrogen-bond acceptors (Lipinski definition) is 3. The zero-order chi connectivity index (χ0) is 14.4. The molecule has 0 saturated carbocycles. The van der Waals surface area contributed by atoms with E-state index >= 15 is 0 Å². The molecule has 0 radical (unpaired) electrons. The van der Waals surface area contributed by atoms with Crippen molar-refractivity contribution < 1.29 is 19.4 Å². The van der Waals surface area contributed by atoms with E-state index in [0.717, 1.165) is 6.42 Å². The van der Waals surface area contributed by atoms with Crippen LogP contribution in [0.3, 0.4) is 0 Å². The van der Waals surface area contributed by atoms with E-state index in [-0.39, 0.29) is 0 Å². The summed E-state index contributed by atoms with van der Waals surface area (Å²) in [4.78, 5) is 10.4. The molecule has 4 nitrogen and oxygen atoms in total. The maximum absolute atomic E-state index is 10.4. The first-order valence-electron chi connectivity index (χ1n) is 6.60. The van der Waals surface area contributed by atoms with E-state index < -0.39 is 12.4 Å². The fourth-order valence-electron chi connectivity index (χ4n) is 2.24. The molecule has 0 aliphatic rings. The van der Waals surface area contributed by atoms with Crippen molar-refractivity contribution in [3.63, 3.8) is 0 Å². The minimum Gasteiger partial charge on any atom is -0.455 e. The van der Waals surface area contributed by atoms with Gasteiger partial charge in [0.15, 0.2) is 0 Å². The highest BCUT2D eigenvalue weighted by Crippen LogP contribution is 2.29. The molecule has 19 heavy (non-hydrogen) atoms. The zero-order valence-electron chi connectivity index (χ0n) is 11.9. The van der Waals surface area contributed by atoms with Crippen LogP contribution in [-0.2, 0) is 4.74 Å². The second-order valence-electron chi connectivity index (χ2n) is 4.90. The zero-order valence-corrected chi connectivity index (χ0v) is 11.9. The van der Waals surface area contributed by atoms with Crippen molar-refractivity contribution in [3.05, 3.63) is 29.8 Å². The van der Waals surface area contributed by atoms with Gasteiger partial charge >= 0.3 is 6.16 Å². The normalized spacial score (nSPS) is 13.9. The van der Waals surface area contributed by atoms with E-state index in [9.17, 15) is 4.79 Å². The van der Waals surface area contributed by atoms with Gasteiger partial charge in [-0.25, -0.2) is 4.79 Å². The Bertz CT molecular complexity index is 397. The molecular formula is C15H22O4. The second-order valence-corrected chi connectivity index (χ2v) is 4.90. The topological polar surface area (TPSA) is 55.8 Å². The predicted octanol–water partition coefficient (Wildman–Crippen LogP) is 4.26. The highest BCUT2D eigenvalue weighted by atomic mass is 16.8. The SMILES string of the molecule is CCC(c1ccc(OC(C)OC(=O)O)cc1)C(C)C. The van der Waals surface area contributed by atoms with Crippen LogP contribution >= 0.6 is 0 Å². The molecule has 0 heterocycles. The summed E-state index contributed by atoms with van der Waals surface area (Å²) in [6.45, 7) is 8.14. The summed E-state index contributed by atoms with van der Waals surface area (Å²) in [5.74, 6) is 1.73. The molecule has 106 valence electrons. The maximum Gasteiger partial charge on any atom is 0.508 e. The van der Waals surface area contributed by atoms with Crippen molar-refractivity contribution in [1.29, 1.82) is 0 Å².